The van der Waals surface area contributed by atoms with Gasteiger partial charge in [-0.3, -0.25) is 0 Å². The van der Waals surface area contributed by atoms with Crippen LogP contribution >= 0.6 is 11.8 Å². The van der Waals surface area contributed by atoms with Gasteiger partial charge in [-0.25, -0.2) is 14.6 Å². The lowest BCUT2D eigenvalue weighted by Crippen LogP contribution is -2.04. The SMILES string of the molecule is CCNc1cc(Sc2nnnn2C)nc(C2CC2)n1. The molecular formula is C11H15N7S. The van der Waals surface area contributed by atoms with E-state index in [-0.39, 0.29) is 0 Å². The number of aromatic nitrogens is 6. The molecule has 1 fully saturated rings. The van der Waals surface area contributed by atoms with Crippen molar-refractivity contribution in [1.29, 1.82) is 0 Å². The molecule has 2 aromatic rings. The van der Waals surface area contributed by atoms with E-state index >= 15 is 0 Å². The van der Waals surface area contributed by atoms with Gasteiger partial charge < -0.3 is 5.32 Å². The first-order chi connectivity index (χ1) is 9.26. The third-order valence-corrected chi connectivity index (χ3v) is 3.74. The second-order valence-corrected chi connectivity index (χ2v) is 5.43. The molecule has 0 atom stereocenters. The first-order valence-electron chi connectivity index (χ1n) is 6.29. The van der Waals surface area contributed by atoms with Gasteiger partial charge in [0.1, 0.15) is 16.7 Å². The molecule has 1 saturated carbocycles. The molecule has 2 heterocycles. The minimum absolute atomic E-state index is 0.524. The summed E-state index contributed by atoms with van der Waals surface area (Å²) in [6.45, 7) is 2.90. The summed E-state index contributed by atoms with van der Waals surface area (Å²) in [5, 5.41) is 16.3. The molecule has 19 heavy (non-hydrogen) atoms. The van der Waals surface area contributed by atoms with Crippen LogP contribution in [0.15, 0.2) is 16.2 Å². The van der Waals surface area contributed by atoms with Crippen LogP contribution in [0, 0.1) is 0 Å². The lowest BCUT2D eigenvalue weighted by Gasteiger charge is -2.07. The third-order valence-electron chi connectivity index (χ3n) is 2.80. The molecule has 0 spiro atoms. The summed E-state index contributed by atoms with van der Waals surface area (Å²) >= 11 is 1.46. The molecule has 7 nitrogen and oxygen atoms in total. The zero-order valence-corrected chi connectivity index (χ0v) is 11.7. The minimum Gasteiger partial charge on any atom is -0.370 e. The predicted octanol–water partition coefficient (Wildman–Crippen LogP) is 1.46. The molecule has 0 bridgehead atoms. The summed E-state index contributed by atoms with van der Waals surface area (Å²) in [6, 6.07) is 1.94. The van der Waals surface area contributed by atoms with Gasteiger partial charge in [0, 0.05) is 25.6 Å². The van der Waals surface area contributed by atoms with E-state index in [1.54, 1.807) is 4.68 Å². The molecule has 100 valence electrons. The Balaban J connectivity index is 1.88. The number of nitrogens with zero attached hydrogens (tertiary/aromatic N) is 6. The molecule has 0 saturated heterocycles. The van der Waals surface area contributed by atoms with E-state index in [2.05, 4.69) is 37.7 Å². The van der Waals surface area contributed by atoms with Gasteiger partial charge in [-0.05, 0) is 42.0 Å². The van der Waals surface area contributed by atoms with E-state index < -0.39 is 0 Å². The molecule has 0 radical (unpaired) electrons. The Morgan fingerprint density at radius 3 is 2.89 bits per heavy atom. The van der Waals surface area contributed by atoms with Crippen molar-refractivity contribution in [2.24, 2.45) is 7.05 Å². The van der Waals surface area contributed by atoms with Crippen molar-refractivity contribution in [3.8, 4) is 0 Å². The van der Waals surface area contributed by atoms with Crippen molar-refractivity contribution in [3.63, 3.8) is 0 Å². The topological polar surface area (TPSA) is 81.4 Å². The summed E-state index contributed by atoms with van der Waals surface area (Å²) in [4.78, 5) is 9.14. The van der Waals surface area contributed by atoms with Crippen LogP contribution in [0.3, 0.4) is 0 Å². The Bertz CT molecular complexity index is 578. The van der Waals surface area contributed by atoms with Crippen molar-refractivity contribution < 1.29 is 0 Å². The second-order valence-electron chi connectivity index (χ2n) is 4.44. The van der Waals surface area contributed by atoms with Crippen LogP contribution in [0.4, 0.5) is 5.82 Å². The molecule has 0 amide bonds. The predicted molar refractivity (Wildman–Crippen MR) is 71.1 cm³/mol. The number of hydrogen-bond acceptors (Lipinski definition) is 7. The fraction of sp³-hybridized carbons (Fsp3) is 0.545. The van der Waals surface area contributed by atoms with Gasteiger partial charge in [0.2, 0.25) is 5.16 Å². The lowest BCUT2D eigenvalue weighted by molar-refractivity contribution is 0.664. The summed E-state index contributed by atoms with van der Waals surface area (Å²) < 4.78 is 1.64. The highest BCUT2D eigenvalue weighted by Crippen LogP contribution is 2.39. The summed E-state index contributed by atoms with van der Waals surface area (Å²) in [7, 11) is 1.82. The maximum Gasteiger partial charge on any atom is 0.215 e. The van der Waals surface area contributed by atoms with Gasteiger partial charge >= 0.3 is 0 Å². The summed E-state index contributed by atoms with van der Waals surface area (Å²) in [6.07, 6.45) is 2.37. The molecule has 1 aliphatic rings. The summed E-state index contributed by atoms with van der Waals surface area (Å²) in [5.41, 5.74) is 0. The number of anilines is 1. The van der Waals surface area contributed by atoms with Gasteiger partial charge in [0.15, 0.2) is 0 Å². The first kappa shape index (κ1) is 12.3. The quantitative estimate of drug-likeness (QED) is 0.828. The zero-order chi connectivity index (χ0) is 13.2. The molecular weight excluding hydrogens is 262 g/mol. The number of rotatable bonds is 5. The first-order valence-corrected chi connectivity index (χ1v) is 7.11. The van der Waals surface area contributed by atoms with E-state index in [1.165, 1.54) is 24.6 Å². The van der Waals surface area contributed by atoms with Gasteiger partial charge in [-0.2, -0.15) is 0 Å². The highest BCUT2D eigenvalue weighted by molar-refractivity contribution is 7.99. The number of nitrogens with one attached hydrogen (secondary N) is 1. The number of tetrazole rings is 1. The van der Waals surface area contributed by atoms with Crippen LogP contribution < -0.4 is 5.32 Å². The second kappa shape index (κ2) is 5.12. The zero-order valence-electron chi connectivity index (χ0n) is 10.9. The highest BCUT2D eigenvalue weighted by atomic mass is 32.2. The molecule has 1 N–H and O–H groups in total. The van der Waals surface area contributed by atoms with Crippen LogP contribution in [0.1, 0.15) is 31.5 Å². The molecule has 1 aliphatic carbocycles. The van der Waals surface area contributed by atoms with E-state index in [4.69, 9.17) is 0 Å². The summed E-state index contributed by atoms with van der Waals surface area (Å²) in [5.74, 6) is 2.32. The minimum atomic E-state index is 0.524. The van der Waals surface area contributed by atoms with Crippen LogP contribution in [-0.2, 0) is 7.05 Å². The molecule has 2 aromatic heterocycles. The standard InChI is InChI=1S/C11H15N7S/c1-3-12-8-6-9(14-10(13-8)7-4-5-7)19-11-15-16-17-18(11)2/h6-7H,3-5H2,1-2H3,(H,12,13,14). The highest BCUT2D eigenvalue weighted by Gasteiger charge is 2.27. The smallest absolute Gasteiger partial charge is 0.215 e. The average Bonchev–Trinajstić information content (AvgIpc) is 3.16. The maximum absolute atomic E-state index is 4.60. The fourth-order valence-corrected chi connectivity index (χ4v) is 2.43. The van der Waals surface area contributed by atoms with Crippen molar-refractivity contribution in [1.82, 2.24) is 30.2 Å². The van der Waals surface area contributed by atoms with E-state index in [0.29, 0.717) is 5.92 Å². The van der Waals surface area contributed by atoms with Crippen LogP contribution in [-0.4, -0.2) is 36.7 Å². The molecule has 0 aliphatic heterocycles. The average molecular weight is 277 g/mol. The third kappa shape index (κ3) is 2.83. The molecule has 0 unspecified atom stereocenters. The van der Waals surface area contributed by atoms with Crippen molar-refractivity contribution in [3.05, 3.63) is 11.9 Å². The fourth-order valence-electron chi connectivity index (χ4n) is 1.69. The van der Waals surface area contributed by atoms with Crippen molar-refractivity contribution >= 4 is 17.6 Å². The number of aryl methyl sites for hydroxylation is 1. The Morgan fingerprint density at radius 2 is 2.26 bits per heavy atom. The molecule has 8 heteroatoms. The van der Waals surface area contributed by atoms with E-state index in [9.17, 15) is 0 Å². The van der Waals surface area contributed by atoms with E-state index in [0.717, 1.165) is 28.4 Å². The lowest BCUT2D eigenvalue weighted by atomic mass is 10.4. The van der Waals surface area contributed by atoms with Gasteiger partial charge in [0.25, 0.3) is 0 Å². The Hall–Kier alpha value is -1.70. The van der Waals surface area contributed by atoms with Gasteiger partial charge in [-0.15, -0.1) is 5.10 Å². The Labute approximate surface area is 115 Å². The number of hydrogen-bond donors (Lipinski definition) is 1. The van der Waals surface area contributed by atoms with Crippen molar-refractivity contribution in [2.45, 2.75) is 35.9 Å². The van der Waals surface area contributed by atoms with Crippen molar-refractivity contribution in [2.75, 3.05) is 11.9 Å². The largest absolute Gasteiger partial charge is 0.370 e. The molecule has 3 rings (SSSR count). The van der Waals surface area contributed by atoms with Crippen LogP contribution in [0.25, 0.3) is 0 Å². The monoisotopic (exact) mass is 277 g/mol. The Morgan fingerprint density at radius 1 is 1.42 bits per heavy atom. The molecule has 0 aromatic carbocycles. The van der Waals surface area contributed by atoms with Crippen LogP contribution in [0.5, 0.6) is 0 Å². The van der Waals surface area contributed by atoms with Gasteiger partial charge in [0.05, 0.1) is 0 Å². The van der Waals surface area contributed by atoms with Crippen LogP contribution in [0.2, 0.25) is 0 Å². The van der Waals surface area contributed by atoms with Gasteiger partial charge in [-0.1, -0.05) is 0 Å². The Kier molecular flexibility index (Phi) is 3.33. The van der Waals surface area contributed by atoms with E-state index in [1.807, 2.05) is 13.1 Å². The maximum atomic E-state index is 4.60. The normalized spacial score (nSPS) is 14.6.